The number of anilines is 1. The van der Waals surface area contributed by atoms with Crippen LogP contribution < -0.4 is 4.90 Å². The van der Waals surface area contributed by atoms with Crippen molar-refractivity contribution >= 4 is 5.82 Å². The van der Waals surface area contributed by atoms with E-state index in [0.717, 1.165) is 11.7 Å². The predicted molar refractivity (Wildman–Crippen MR) is 73.6 cm³/mol. The zero-order valence-corrected chi connectivity index (χ0v) is 11.3. The van der Waals surface area contributed by atoms with Crippen LogP contribution >= 0.6 is 0 Å². The molecule has 94 valence electrons. The van der Waals surface area contributed by atoms with E-state index in [9.17, 15) is 0 Å². The molecule has 0 aliphatic carbocycles. The highest BCUT2D eigenvalue weighted by Crippen LogP contribution is 2.24. The molecule has 0 amide bonds. The summed E-state index contributed by atoms with van der Waals surface area (Å²) in [5.74, 6) is 2.59. The maximum Gasteiger partial charge on any atom is 0.128 e. The van der Waals surface area contributed by atoms with Crippen molar-refractivity contribution in [1.29, 1.82) is 0 Å². The Morgan fingerprint density at radius 3 is 2.82 bits per heavy atom. The molecule has 1 saturated heterocycles. The summed E-state index contributed by atoms with van der Waals surface area (Å²) in [7, 11) is 0. The van der Waals surface area contributed by atoms with E-state index in [-0.39, 0.29) is 0 Å². The summed E-state index contributed by atoms with van der Waals surface area (Å²) >= 11 is 0. The number of hydrogen-bond donors (Lipinski definition) is 0. The highest BCUT2D eigenvalue weighted by molar-refractivity contribution is 5.40. The largest absolute Gasteiger partial charge is 0.356 e. The molecule has 2 heterocycles. The average molecular weight is 232 g/mol. The second-order valence-corrected chi connectivity index (χ2v) is 5.47. The van der Waals surface area contributed by atoms with E-state index in [2.05, 4.69) is 42.8 Å². The first-order chi connectivity index (χ1) is 8.20. The van der Waals surface area contributed by atoms with Gasteiger partial charge in [0.15, 0.2) is 0 Å². The van der Waals surface area contributed by atoms with Crippen molar-refractivity contribution in [1.82, 2.24) is 4.98 Å². The van der Waals surface area contributed by atoms with Gasteiger partial charge in [-0.25, -0.2) is 4.98 Å². The molecule has 0 saturated carbocycles. The van der Waals surface area contributed by atoms with E-state index < -0.39 is 0 Å². The van der Waals surface area contributed by atoms with Crippen LogP contribution in [0.15, 0.2) is 18.3 Å². The lowest BCUT2D eigenvalue weighted by molar-refractivity contribution is 0.403. The van der Waals surface area contributed by atoms with Crippen LogP contribution in [0.5, 0.6) is 0 Å². The normalized spacial score (nSPS) is 20.9. The van der Waals surface area contributed by atoms with Gasteiger partial charge in [-0.3, -0.25) is 0 Å². The molecule has 1 aliphatic rings. The lowest BCUT2D eigenvalue weighted by Gasteiger charge is -2.33. The Bertz CT molecular complexity index is 342. The third-order valence-electron chi connectivity index (χ3n) is 3.86. The van der Waals surface area contributed by atoms with Gasteiger partial charge in [-0.05, 0) is 36.3 Å². The Morgan fingerprint density at radius 1 is 1.41 bits per heavy atom. The van der Waals surface area contributed by atoms with Crippen LogP contribution in [0.3, 0.4) is 0 Å². The monoisotopic (exact) mass is 232 g/mol. The van der Waals surface area contributed by atoms with Crippen molar-refractivity contribution in [3.8, 4) is 0 Å². The Labute approximate surface area is 105 Å². The van der Waals surface area contributed by atoms with Crippen LogP contribution in [0.4, 0.5) is 5.82 Å². The fraction of sp³-hybridized carbons (Fsp3) is 0.667. The first-order valence-corrected chi connectivity index (χ1v) is 6.91. The Hall–Kier alpha value is -1.05. The molecule has 17 heavy (non-hydrogen) atoms. The van der Waals surface area contributed by atoms with Crippen LogP contribution in [0, 0.1) is 5.92 Å². The van der Waals surface area contributed by atoms with Gasteiger partial charge in [-0.1, -0.05) is 33.3 Å². The zero-order valence-electron chi connectivity index (χ0n) is 11.3. The molecular formula is C15H24N2. The van der Waals surface area contributed by atoms with Crippen LogP contribution in [0.2, 0.25) is 0 Å². The van der Waals surface area contributed by atoms with Gasteiger partial charge in [0.2, 0.25) is 0 Å². The molecule has 1 aliphatic heterocycles. The van der Waals surface area contributed by atoms with E-state index in [1.165, 1.54) is 37.9 Å². The molecule has 1 unspecified atom stereocenters. The topological polar surface area (TPSA) is 16.1 Å². The van der Waals surface area contributed by atoms with Crippen molar-refractivity contribution in [3.05, 3.63) is 23.9 Å². The summed E-state index contributed by atoms with van der Waals surface area (Å²) < 4.78 is 0. The minimum Gasteiger partial charge on any atom is -0.356 e. The molecule has 2 heteroatoms. The zero-order chi connectivity index (χ0) is 12.3. The van der Waals surface area contributed by atoms with Crippen molar-refractivity contribution < 1.29 is 0 Å². The van der Waals surface area contributed by atoms with Crippen LogP contribution in [-0.4, -0.2) is 18.1 Å². The number of piperidine rings is 1. The lowest BCUT2D eigenvalue weighted by Crippen LogP contribution is -2.35. The summed E-state index contributed by atoms with van der Waals surface area (Å²) in [6.45, 7) is 9.08. The molecule has 1 aromatic rings. The molecule has 2 nitrogen and oxygen atoms in total. The number of nitrogens with zero attached hydrogens (tertiary/aromatic N) is 2. The van der Waals surface area contributed by atoms with Gasteiger partial charge in [0.25, 0.3) is 0 Å². The summed E-state index contributed by atoms with van der Waals surface area (Å²) in [6, 6.07) is 4.41. The Balaban J connectivity index is 2.06. The molecule has 1 fully saturated rings. The first-order valence-electron chi connectivity index (χ1n) is 6.91. The quantitative estimate of drug-likeness (QED) is 0.787. The van der Waals surface area contributed by atoms with Crippen molar-refractivity contribution in [2.45, 2.75) is 46.0 Å². The fourth-order valence-corrected chi connectivity index (χ4v) is 2.53. The maximum atomic E-state index is 4.62. The maximum absolute atomic E-state index is 4.62. The van der Waals surface area contributed by atoms with E-state index in [4.69, 9.17) is 0 Å². The lowest BCUT2D eigenvalue weighted by atomic mass is 9.95. The third kappa shape index (κ3) is 2.99. The number of pyridine rings is 1. The average Bonchev–Trinajstić information content (AvgIpc) is 2.39. The Kier molecular flexibility index (Phi) is 4.03. The number of rotatable bonds is 3. The molecule has 0 N–H and O–H groups in total. The van der Waals surface area contributed by atoms with Gasteiger partial charge in [-0.2, -0.15) is 0 Å². The highest BCUT2D eigenvalue weighted by Gasteiger charge is 2.19. The number of aromatic nitrogens is 1. The molecular weight excluding hydrogens is 208 g/mol. The van der Waals surface area contributed by atoms with Crippen molar-refractivity contribution in [2.75, 3.05) is 18.0 Å². The molecule has 0 aromatic carbocycles. The first kappa shape index (κ1) is 12.4. The number of hydrogen-bond acceptors (Lipinski definition) is 2. The Morgan fingerprint density at radius 2 is 2.24 bits per heavy atom. The second-order valence-electron chi connectivity index (χ2n) is 5.47. The molecule has 2 rings (SSSR count). The van der Waals surface area contributed by atoms with Crippen molar-refractivity contribution in [2.24, 2.45) is 5.92 Å². The summed E-state index contributed by atoms with van der Waals surface area (Å²) in [6.07, 6.45) is 6.03. The van der Waals surface area contributed by atoms with Gasteiger partial charge >= 0.3 is 0 Å². The summed E-state index contributed by atoms with van der Waals surface area (Å²) in [4.78, 5) is 7.06. The third-order valence-corrected chi connectivity index (χ3v) is 3.86. The van der Waals surface area contributed by atoms with Gasteiger partial charge in [-0.15, -0.1) is 0 Å². The molecule has 1 aromatic heterocycles. The van der Waals surface area contributed by atoms with E-state index in [1.807, 2.05) is 6.20 Å². The SMILES string of the molecule is CCC1CCCN(c2ccc(C(C)C)cn2)C1. The van der Waals surface area contributed by atoms with Crippen LogP contribution in [0.1, 0.15) is 51.5 Å². The van der Waals surface area contributed by atoms with Gasteiger partial charge in [0.05, 0.1) is 0 Å². The van der Waals surface area contributed by atoms with Gasteiger partial charge < -0.3 is 4.90 Å². The van der Waals surface area contributed by atoms with E-state index in [0.29, 0.717) is 5.92 Å². The molecule has 1 atom stereocenters. The minimum absolute atomic E-state index is 0.571. The van der Waals surface area contributed by atoms with Crippen LogP contribution in [0.25, 0.3) is 0 Å². The van der Waals surface area contributed by atoms with E-state index >= 15 is 0 Å². The standard InChI is InChI=1S/C15H24N2/c1-4-13-6-5-9-17(11-13)15-8-7-14(10-16-15)12(2)3/h7-8,10,12-13H,4-6,9,11H2,1-3H3. The predicted octanol–water partition coefficient (Wildman–Crippen LogP) is 3.83. The molecule has 0 bridgehead atoms. The summed E-state index contributed by atoms with van der Waals surface area (Å²) in [5, 5.41) is 0. The van der Waals surface area contributed by atoms with Gasteiger partial charge in [0, 0.05) is 19.3 Å². The molecule has 0 radical (unpaired) electrons. The molecule has 0 spiro atoms. The van der Waals surface area contributed by atoms with Gasteiger partial charge in [0.1, 0.15) is 5.82 Å². The fourth-order valence-electron chi connectivity index (χ4n) is 2.53. The van der Waals surface area contributed by atoms with Crippen molar-refractivity contribution in [3.63, 3.8) is 0 Å². The van der Waals surface area contributed by atoms with E-state index in [1.54, 1.807) is 0 Å². The smallest absolute Gasteiger partial charge is 0.128 e. The highest BCUT2D eigenvalue weighted by atomic mass is 15.2. The second kappa shape index (κ2) is 5.52. The van der Waals surface area contributed by atoms with Crippen LogP contribution in [-0.2, 0) is 0 Å². The minimum atomic E-state index is 0.571. The summed E-state index contributed by atoms with van der Waals surface area (Å²) in [5.41, 5.74) is 1.33.